The normalized spacial score (nSPS) is 19.9. The lowest BCUT2D eigenvalue weighted by Crippen LogP contribution is -2.39. The van der Waals surface area contributed by atoms with Crippen molar-refractivity contribution in [2.45, 2.75) is 11.3 Å². The van der Waals surface area contributed by atoms with Gasteiger partial charge in [0.15, 0.2) is 0 Å². The van der Waals surface area contributed by atoms with Gasteiger partial charge in [-0.2, -0.15) is 5.10 Å². The van der Waals surface area contributed by atoms with Gasteiger partial charge < -0.3 is 0 Å². The summed E-state index contributed by atoms with van der Waals surface area (Å²) >= 11 is 7.55. The highest BCUT2D eigenvalue weighted by atomic mass is 35.5. The molecule has 0 bridgehead atoms. The monoisotopic (exact) mass is 346 g/mol. The molecule has 2 heterocycles. The molecule has 1 atom stereocenters. The van der Waals surface area contributed by atoms with Gasteiger partial charge in [0.1, 0.15) is 5.82 Å². The number of hydrogen-bond donors (Lipinski definition) is 0. The molecule has 1 amide bonds. The zero-order valence-corrected chi connectivity index (χ0v) is 13.6. The number of nitrogens with zero attached hydrogens (tertiary/aromatic N) is 2. The van der Waals surface area contributed by atoms with Crippen LogP contribution in [0, 0.1) is 11.7 Å². The number of rotatable bonds is 1. The molecule has 0 aromatic heterocycles. The Balaban J connectivity index is 1.81. The fraction of sp³-hybridized carbons (Fsp3) is 0.176. The smallest absolute Gasteiger partial charge is 0.248 e. The van der Waals surface area contributed by atoms with E-state index in [1.807, 2.05) is 0 Å². The molecular weight excluding hydrogens is 335 g/mol. The topological polar surface area (TPSA) is 32.7 Å². The molecule has 23 heavy (non-hydrogen) atoms. The van der Waals surface area contributed by atoms with Crippen LogP contribution >= 0.6 is 23.4 Å². The van der Waals surface area contributed by atoms with Gasteiger partial charge in [-0.25, -0.2) is 9.40 Å². The molecule has 2 aliphatic rings. The van der Waals surface area contributed by atoms with Crippen molar-refractivity contribution in [1.29, 1.82) is 0 Å². The minimum Gasteiger partial charge on any atom is -0.273 e. The number of halogens is 2. The Morgan fingerprint density at radius 2 is 2.00 bits per heavy atom. The lowest BCUT2D eigenvalue weighted by atomic mass is 9.93. The van der Waals surface area contributed by atoms with Crippen LogP contribution < -0.4 is 5.01 Å². The molecule has 0 N–H and O–H groups in total. The summed E-state index contributed by atoms with van der Waals surface area (Å²) in [5.41, 5.74) is 2.24. The van der Waals surface area contributed by atoms with E-state index in [4.69, 9.17) is 11.6 Å². The van der Waals surface area contributed by atoms with Crippen molar-refractivity contribution in [2.75, 3.05) is 10.8 Å². The first-order chi connectivity index (χ1) is 11.1. The summed E-state index contributed by atoms with van der Waals surface area (Å²) in [5.74, 6) is 0.479. The van der Waals surface area contributed by atoms with Crippen LogP contribution in [-0.2, 0) is 4.79 Å². The molecule has 0 saturated carbocycles. The Hall–Kier alpha value is -1.85. The van der Waals surface area contributed by atoms with E-state index in [0.29, 0.717) is 17.1 Å². The van der Waals surface area contributed by atoms with Gasteiger partial charge in [-0.1, -0.05) is 11.6 Å². The second-order valence-corrected chi connectivity index (χ2v) is 7.02. The lowest BCUT2D eigenvalue weighted by Gasteiger charge is -2.33. The van der Waals surface area contributed by atoms with Gasteiger partial charge >= 0.3 is 0 Å². The van der Waals surface area contributed by atoms with Gasteiger partial charge in [-0.15, -0.1) is 11.8 Å². The van der Waals surface area contributed by atoms with Crippen LogP contribution in [-0.4, -0.2) is 17.4 Å². The summed E-state index contributed by atoms with van der Waals surface area (Å²) in [7, 11) is 0. The highest BCUT2D eigenvalue weighted by Gasteiger charge is 2.35. The van der Waals surface area contributed by atoms with Gasteiger partial charge in [0.05, 0.1) is 11.4 Å². The first-order valence-electron chi connectivity index (χ1n) is 7.21. The Bertz CT molecular complexity index is 822. The highest BCUT2D eigenvalue weighted by Crippen LogP contribution is 2.38. The number of hydrogen-bond acceptors (Lipinski definition) is 3. The molecule has 0 radical (unpaired) electrons. The third-order valence-electron chi connectivity index (χ3n) is 3.98. The summed E-state index contributed by atoms with van der Waals surface area (Å²) in [5, 5.41) is 6.54. The van der Waals surface area contributed by atoms with Crippen LogP contribution in [0.1, 0.15) is 12.0 Å². The van der Waals surface area contributed by atoms with E-state index >= 15 is 0 Å². The van der Waals surface area contributed by atoms with Crippen molar-refractivity contribution in [3.63, 3.8) is 0 Å². The number of thioether (sulfide) groups is 1. The predicted octanol–water partition coefficient (Wildman–Crippen LogP) is 4.34. The quantitative estimate of drug-likeness (QED) is 0.769. The Labute approximate surface area is 142 Å². The Morgan fingerprint density at radius 3 is 2.78 bits per heavy atom. The fourth-order valence-corrected chi connectivity index (χ4v) is 4.12. The van der Waals surface area contributed by atoms with Crippen molar-refractivity contribution in [3.8, 4) is 0 Å². The summed E-state index contributed by atoms with van der Waals surface area (Å²) in [4.78, 5) is 13.4. The summed E-state index contributed by atoms with van der Waals surface area (Å²) < 4.78 is 13.6. The molecule has 0 spiro atoms. The first-order valence-corrected chi connectivity index (χ1v) is 8.58. The van der Waals surface area contributed by atoms with Crippen molar-refractivity contribution >= 4 is 40.7 Å². The molecule has 3 nitrogen and oxygen atoms in total. The maximum atomic E-state index is 13.6. The molecule has 0 aliphatic carbocycles. The number of carbonyl (C=O) groups excluding carboxylic acids is 1. The molecule has 4 rings (SSSR count). The largest absolute Gasteiger partial charge is 0.273 e. The van der Waals surface area contributed by atoms with E-state index < -0.39 is 0 Å². The van der Waals surface area contributed by atoms with Gasteiger partial charge in [0, 0.05) is 33.6 Å². The summed E-state index contributed by atoms with van der Waals surface area (Å²) in [6.45, 7) is 0. The van der Waals surface area contributed by atoms with Crippen LogP contribution in [0.5, 0.6) is 0 Å². The van der Waals surface area contributed by atoms with Crippen LogP contribution in [0.4, 0.5) is 10.1 Å². The maximum absolute atomic E-state index is 13.6. The van der Waals surface area contributed by atoms with Gasteiger partial charge in [-0.05, 0) is 42.5 Å². The van der Waals surface area contributed by atoms with E-state index in [-0.39, 0.29) is 17.6 Å². The average molecular weight is 347 g/mol. The standard InChI is InChI=1S/C17H12ClFN2OS/c18-11-1-4-13(5-2-11)21-16(22)7-10-9-23-15-6-3-12(19)8-14(15)17(10)20-21/h1-6,8,10H,7,9H2. The number of hydrazone groups is 1. The molecule has 6 heteroatoms. The van der Waals surface area contributed by atoms with E-state index in [9.17, 15) is 9.18 Å². The van der Waals surface area contributed by atoms with Crippen LogP contribution in [0.15, 0.2) is 52.5 Å². The Kier molecular flexibility index (Phi) is 3.62. The molecule has 0 fully saturated rings. The fourth-order valence-electron chi connectivity index (χ4n) is 2.85. The average Bonchev–Trinajstić information content (AvgIpc) is 2.55. The van der Waals surface area contributed by atoms with Crippen LogP contribution in [0.3, 0.4) is 0 Å². The molecule has 1 unspecified atom stereocenters. The summed E-state index contributed by atoms with van der Waals surface area (Å²) in [6.07, 6.45) is 0.379. The molecule has 2 aromatic rings. The Morgan fingerprint density at radius 1 is 1.22 bits per heavy atom. The molecule has 0 saturated heterocycles. The number of amides is 1. The summed E-state index contributed by atoms with van der Waals surface area (Å²) in [6, 6.07) is 11.7. The lowest BCUT2D eigenvalue weighted by molar-refractivity contribution is -0.119. The molecular formula is C17H12ClFN2OS. The molecule has 2 aromatic carbocycles. The number of anilines is 1. The molecule has 116 valence electrons. The third-order valence-corrected chi connectivity index (χ3v) is 5.47. The van der Waals surface area contributed by atoms with E-state index in [1.165, 1.54) is 17.1 Å². The van der Waals surface area contributed by atoms with E-state index in [2.05, 4.69) is 5.10 Å². The predicted molar refractivity (Wildman–Crippen MR) is 90.7 cm³/mol. The van der Waals surface area contributed by atoms with Crippen LogP contribution in [0.2, 0.25) is 5.02 Å². The zero-order chi connectivity index (χ0) is 16.0. The third kappa shape index (κ3) is 2.64. The first kappa shape index (κ1) is 14.7. The minimum absolute atomic E-state index is 0.0327. The van der Waals surface area contributed by atoms with Crippen molar-refractivity contribution in [2.24, 2.45) is 11.0 Å². The van der Waals surface area contributed by atoms with Crippen LogP contribution in [0.25, 0.3) is 0 Å². The van der Waals surface area contributed by atoms with Crippen molar-refractivity contribution < 1.29 is 9.18 Å². The number of benzene rings is 2. The second kappa shape index (κ2) is 5.65. The number of carbonyl (C=O) groups is 1. The van der Waals surface area contributed by atoms with Crippen molar-refractivity contribution in [1.82, 2.24) is 0 Å². The SMILES string of the molecule is O=C1CC2CSc3ccc(F)cc3C2=NN1c1ccc(Cl)cc1. The van der Waals surface area contributed by atoms with Gasteiger partial charge in [-0.3, -0.25) is 4.79 Å². The zero-order valence-electron chi connectivity index (χ0n) is 12.0. The van der Waals surface area contributed by atoms with E-state index in [1.54, 1.807) is 42.1 Å². The highest BCUT2D eigenvalue weighted by molar-refractivity contribution is 7.99. The molecule has 2 aliphatic heterocycles. The maximum Gasteiger partial charge on any atom is 0.248 e. The minimum atomic E-state index is -0.289. The second-order valence-electron chi connectivity index (χ2n) is 5.52. The van der Waals surface area contributed by atoms with Gasteiger partial charge in [0.2, 0.25) is 5.91 Å². The van der Waals surface area contributed by atoms with Crippen molar-refractivity contribution in [3.05, 3.63) is 58.9 Å². The van der Waals surface area contributed by atoms with E-state index in [0.717, 1.165) is 21.9 Å². The van der Waals surface area contributed by atoms with Gasteiger partial charge in [0.25, 0.3) is 0 Å². The number of fused-ring (bicyclic) bond motifs is 3.